The van der Waals surface area contributed by atoms with Gasteiger partial charge in [-0.1, -0.05) is 37.6 Å². The van der Waals surface area contributed by atoms with Gasteiger partial charge in [0.25, 0.3) is 0 Å². The number of rotatable bonds is 7. The lowest BCUT2D eigenvalue weighted by atomic mass is 10.2. The third-order valence-corrected chi connectivity index (χ3v) is 7.11. The van der Waals surface area contributed by atoms with Crippen molar-refractivity contribution in [2.45, 2.75) is 39.1 Å². The summed E-state index contributed by atoms with van der Waals surface area (Å²) < 4.78 is 34.6. The van der Waals surface area contributed by atoms with E-state index in [1.54, 1.807) is 30.7 Å². The Kier molecular flexibility index (Phi) is 5.87. The monoisotopic (exact) mass is 423 g/mol. The average Bonchev–Trinajstić information content (AvgIpc) is 3.21. The highest BCUT2D eigenvalue weighted by Gasteiger charge is 2.29. The summed E-state index contributed by atoms with van der Waals surface area (Å²) in [6.45, 7) is 7.99. The lowest BCUT2D eigenvalue weighted by molar-refractivity contribution is 0.443. The molecule has 0 aliphatic carbocycles. The zero-order valence-electron chi connectivity index (χ0n) is 16.2. The van der Waals surface area contributed by atoms with Crippen molar-refractivity contribution in [1.29, 1.82) is 0 Å². The number of aryl methyl sites for hydroxylation is 1. The molecular weight excluding hydrogens is 402 g/mol. The van der Waals surface area contributed by atoms with Crippen LogP contribution in [0.5, 0.6) is 0 Å². The maximum Gasteiger partial charge on any atom is 0.249 e. The third-order valence-electron chi connectivity index (χ3n) is 4.47. The molecule has 0 aliphatic heterocycles. The Morgan fingerprint density at radius 1 is 1.14 bits per heavy atom. The van der Waals surface area contributed by atoms with Gasteiger partial charge in [-0.2, -0.15) is 9.40 Å². The topological polar surface area (TPSA) is 94.1 Å². The van der Waals surface area contributed by atoms with E-state index >= 15 is 0 Å². The fourth-order valence-electron chi connectivity index (χ4n) is 3.09. The van der Waals surface area contributed by atoms with Gasteiger partial charge < -0.3 is 4.42 Å². The highest BCUT2D eigenvalue weighted by molar-refractivity contribution is 7.89. The summed E-state index contributed by atoms with van der Waals surface area (Å²) in [7, 11) is -3.61. The fourth-order valence-corrected chi connectivity index (χ4v) is 5.14. The van der Waals surface area contributed by atoms with E-state index in [1.807, 2.05) is 26.0 Å². The second-order valence-electron chi connectivity index (χ2n) is 6.23. The molecule has 0 fully saturated rings. The molecule has 8 nitrogen and oxygen atoms in total. The zero-order chi connectivity index (χ0) is 20.5. The summed E-state index contributed by atoms with van der Waals surface area (Å²) in [6, 6.07) is 7.18. The van der Waals surface area contributed by atoms with Crippen molar-refractivity contribution >= 4 is 21.6 Å². The molecule has 0 unspecified atom stereocenters. The van der Waals surface area contributed by atoms with Gasteiger partial charge in [0.2, 0.25) is 21.8 Å². The van der Waals surface area contributed by atoms with E-state index in [1.165, 1.54) is 4.31 Å². The minimum absolute atomic E-state index is 0.165. The first-order chi connectivity index (χ1) is 13.3. The summed E-state index contributed by atoms with van der Waals surface area (Å²) in [5.41, 5.74) is 1.61. The van der Waals surface area contributed by atoms with Gasteiger partial charge in [-0.05, 0) is 26.0 Å². The Labute approximate surface area is 169 Å². The molecule has 3 rings (SSSR count). The minimum atomic E-state index is -3.61. The smallest absolute Gasteiger partial charge is 0.249 e. The molecule has 28 heavy (non-hydrogen) atoms. The van der Waals surface area contributed by atoms with E-state index in [2.05, 4.69) is 15.3 Å². The van der Waals surface area contributed by atoms with E-state index in [9.17, 15) is 8.42 Å². The minimum Gasteiger partial charge on any atom is -0.419 e. The number of nitrogens with zero attached hydrogens (tertiary/aromatic N) is 5. The van der Waals surface area contributed by atoms with Crippen LogP contribution in [0.3, 0.4) is 0 Å². The SMILES string of the molecule is CCN(CC)S(=O)(=O)c1c(C)nn(Cc2nnc(-c3ccccc3Cl)o2)c1C. The predicted octanol–water partition coefficient (Wildman–Crippen LogP) is 3.28. The summed E-state index contributed by atoms with van der Waals surface area (Å²) in [4.78, 5) is 0.224. The molecule has 0 amide bonds. The van der Waals surface area contributed by atoms with Crippen molar-refractivity contribution in [3.63, 3.8) is 0 Å². The Hall–Kier alpha value is -2.23. The highest BCUT2D eigenvalue weighted by Crippen LogP contribution is 2.27. The summed E-state index contributed by atoms with van der Waals surface area (Å²) in [5.74, 6) is 0.616. The van der Waals surface area contributed by atoms with Crippen LogP contribution in [-0.2, 0) is 16.6 Å². The average molecular weight is 424 g/mol. The Morgan fingerprint density at radius 3 is 2.46 bits per heavy atom. The molecule has 3 aromatic rings. The molecular formula is C18H22ClN5O3S. The molecule has 0 N–H and O–H groups in total. The van der Waals surface area contributed by atoms with Gasteiger partial charge in [0.15, 0.2) is 0 Å². The third kappa shape index (κ3) is 3.69. The van der Waals surface area contributed by atoms with Crippen LogP contribution in [0, 0.1) is 13.8 Å². The molecule has 0 bridgehead atoms. The Bertz CT molecular complexity index is 1090. The molecule has 0 atom stereocenters. The lowest BCUT2D eigenvalue weighted by Gasteiger charge is -2.18. The van der Waals surface area contributed by atoms with Gasteiger partial charge in [0, 0.05) is 13.1 Å². The van der Waals surface area contributed by atoms with Gasteiger partial charge in [-0.25, -0.2) is 8.42 Å². The molecule has 150 valence electrons. The number of benzene rings is 1. The molecule has 1 aromatic carbocycles. The first-order valence-corrected chi connectivity index (χ1v) is 10.7. The molecule has 0 radical (unpaired) electrons. The second-order valence-corrected chi connectivity index (χ2v) is 8.51. The van der Waals surface area contributed by atoms with Gasteiger partial charge in [-0.15, -0.1) is 10.2 Å². The van der Waals surface area contributed by atoms with E-state index in [4.69, 9.17) is 16.0 Å². The molecule has 2 heterocycles. The molecule has 0 aliphatic rings. The van der Waals surface area contributed by atoms with E-state index in [-0.39, 0.29) is 11.4 Å². The number of halogens is 1. The van der Waals surface area contributed by atoms with Crippen LogP contribution in [0.15, 0.2) is 33.6 Å². The summed E-state index contributed by atoms with van der Waals surface area (Å²) in [5, 5.41) is 13.0. The van der Waals surface area contributed by atoms with Crippen LogP contribution in [0.1, 0.15) is 31.1 Å². The van der Waals surface area contributed by atoms with E-state index in [0.29, 0.717) is 46.8 Å². The molecule has 0 saturated carbocycles. The van der Waals surface area contributed by atoms with Crippen molar-refractivity contribution in [3.05, 3.63) is 46.6 Å². The van der Waals surface area contributed by atoms with Crippen molar-refractivity contribution in [2.24, 2.45) is 0 Å². The van der Waals surface area contributed by atoms with E-state index < -0.39 is 10.0 Å². The highest BCUT2D eigenvalue weighted by atomic mass is 35.5. The zero-order valence-corrected chi connectivity index (χ0v) is 17.8. The first-order valence-electron chi connectivity index (χ1n) is 8.91. The molecule has 10 heteroatoms. The Morgan fingerprint density at radius 2 is 1.82 bits per heavy atom. The van der Waals surface area contributed by atoms with Crippen molar-refractivity contribution < 1.29 is 12.8 Å². The molecule has 2 aromatic heterocycles. The van der Waals surface area contributed by atoms with Gasteiger partial charge >= 0.3 is 0 Å². The van der Waals surface area contributed by atoms with Crippen LogP contribution in [-0.4, -0.2) is 45.8 Å². The fraction of sp³-hybridized carbons (Fsp3) is 0.389. The van der Waals surface area contributed by atoms with Gasteiger partial charge in [0.05, 0.1) is 22.0 Å². The summed E-state index contributed by atoms with van der Waals surface area (Å²) in [6.07, 6.45) is 0. The van der Waals surface area contributed by atoms with Crippen LogP contribution in [0.2, 0.25) is 5.02 Å². The number of hydrogen-bond donors (Lipinski definition) is 0. The Balaban J connectivity index is 1.92. The number of sulfonamides is 1. The largest absolute Gasteiger partial charge is 0.419 e. The maximum absolute atomic E-state index is 12.9. The van der Waals surface area contributed by atoms with Crippen molar-refractivity contribution in [1.82, 2.24) is 24.3 Å². The van der Waals surface area contributed by atoms with Crippen LogP contribution >= 0.6 is 11.6 Å². The van der Waals surface area contributed by atoms with Crippen LogP contribution in [0.4, 0.5) is 0 Å². The van der Waals surface area contributed by atoms with Crippen LogP contribution < -0.4 is 0 Å². The summed E-state index contributed by atoms with van der Waals surface area (Å²) >= 11 is 6.17. The molecule has 0 spiro atoms. The van der Waals surface area contributed by atoms with Gasteiger partial charge in [0.1, 0.15) is 11.4 Å². The number of aromatic nitrogens is 4. The van der Waals surface area contributed by atoms with Crippen molar-refractivity contribution in [3.8, 4) is 11.5 Å². The van der Waals surface area contributed by atoms with E-state index in [0.717, 1.165) is 0 Å². The predicted molar refractivity (Wildman–Crippen MR) is 106 cm³/mol. The van der Waals surface area contributed by atoms with Gasteiger partial charge in [-0.3, -0.25) is 4.68 Å². The lowest BCUT2D eigenvalue weighted by Crippen LogP contribution is -2.31. The first kappa shape index (κ1) is 20.5. The second kappa shape index (κ2) is 8.02. The number of hydrogen-bond acceptors (Lipinski definition) is 6. The standard InChI is InChI=1S/C18H22ClN5O3S/c1-5-23(6-2)28(25,26)17-12(3)22-24(13(17)4)11-16-20-21-18(27-16)14-9-7-8-10-15(14)19/h7-10H,5-6,11H2,1-4H3. The van der Waals surface area contributed by atoms with Crippen molar-refractivity contribution in [2.75, 3.05) is 13.1 Å². The normalized spacial score (nSPS) is 12.1. The maximum atomic E-state index is 12.9. The van der Waals surface area contributed by atoms with Crippen LogP contribution in [0.25, 0.3) is 11.5 Å². The quantitative estimate of drug-likeness (QED) is 0.578. The molecule has 0 saturated heterocycles.